The Balaban J connectivity index is 1.85. The number of amides is 1. The minimum Gasteiger partial charge on any atom is -0.359 e. The van der Waals surface area contributed by atoms with Crippen molar-refractivity contribution in [1.29, 1.82) is 0 Å². The highest BCUT2D eigenvalue weighted by Crippen LogP contribution is 2.33. The minimum absolute atomic E-state index is 0.0422. The standard InChI is InChI=1S/C14H14ClN3O2/c1-9-7-12(20-17-9)11-3-2-6-18(11)14(19)10-4-5-13(15)16-8-10/h4-5,7-8,11H,2-3,6H2,1H3. The van der Waals surface area contributed by atoms with Gasteiger partial charge in [0, 0.05) is 18.8 Å². The van der Waals surface area contributed by atoms with Gasteiger partial charge in [-0.1, -0.05) is 16.8 Å². The van der Waals surface area contributed by atoms with Gasteiger partial charge in [-0.25, -0.2) is 4.98 Å². The van der Waals surface area contributed by atoms with Crippen LogP contribution in [0.2, 0.25) is 5.15 Å². The van der Waals surface area contributed by atoms with E-state index in [0.717, 1.165) is 24.3 Å². The molecule has 20 heavy (non-hydrogen) atoms. The normalized spacial score (nSPS) is 18.5. The molecule has 1 unspecified atom stereocenters. The maximum Gasteiger partial charge on any atom is 0.256 e. The number of pyridine rings is 1. The van der Waals surface area contributed by atoms with Crippen LogP contribution in [0.3, 0.4) is 0 Å². The van der Waals surface area contributed by atoms with Gasteiger partial charge in [0.25, 0.3) is 5.91 Å². The number of hydrogen-bond acceptors (Lipinski definition) is 4. The molecule has 6 heteroatoms. The molecule has 0 radical (unpaired) electrons. The van der Waals surface area contributed by atoms with Gasteiger partial charge < -0.3 is 9.42 Å². The van der Waals surface area contributed by atoms with Gasteiger partial charge in [-0.15, -0.1) is 0 Å². The second kappa shape index (κ2) is 5.25. The summed E-state index contributed by atoms with van der Waals surface area (Å²) in [7, 11) is 0. The summed E-state index contributed by atoms with van der Waals surface area (Å²) in [6.07, 6.45) is 3.35. The SMILES string of the molecule is Cc1cc(C2CCCN2C(=O)c2ccc(Cl)nc2)on1. The van der Waals surface area contributed by atoms with E-state index < -0.39 is 0 Å². The van der Waals surface area contributed by atoms with Crippen LogP contribution in [0.25, 0.3) is 0 Å². The van der Waals surface area contributed by atoms with Gasteiger partial charge in [-0.3, -0.25) is 4.79 Å². The fourth-order valence-electron chi connectivity index (χ4n) is 2.51. The fraction of sp³-hybridized carbons (Fsp3) is 0.357. The molecule has 0 aromatic carbocycles. The molecule has 2 aromatic rings. The highest BCUT2D eigenvalue weighted by molar-refractivity contribution is 6.29. The lowest BCUT2D eigenvalue weighted by atomic mass is 10.1. The summed E-state index contributed by atoms with van der Waals surface area (Å²) in [5.41, 5.74) is 1.37. The van der Waals surface area contributed by atoms with Crippen molar-refractivity contribution in [3.8, 4) is 0 Å². The third-order valence-corrected chi connectivity index (χ3v) is 3.69. The van der Waals surface area contributed by atoms with E-state index in [0.29, 0.717) is 17.3 Å². The number of rotatable bonds is 2. The van der Waals surface area contributed by atoms with Crippen LogP contribution in [-0.2, 0) is 0 Å². The van der Waals surface area contributed by atoms with Gasteiger partial charge in [0.05, 0.1) is 17.3 Å². The second-order valence-electron chi connectivity index (χ2n) is 4.90. The van der Waals surface area contributed by atoms with Crippen molar-refractivity contribution in [2.45, 2.75) is 25.8 Å². The Morgan fingerprint density at radius 2 is 2.35 bits per heavy atom. The molecule has 1 amide bonds. The highest BCUT2D eigenvalue weighted by atomic mass is 35.5. The Hall–Kier alpha value is -1.88. The highest BCUT2D eigenvalue weighted by Gasteiger charge is 2.33. The minimum atomic E-state index is -0.0503. The van der Waals surface area contributed by atoms with Gasteiger partial charge in [0.15, 0.2) is 5.76 Å². The Labute approximate surface area is 121 Å². The molecule has 0 N–H and O–H groups in total. The van der Waals surface area contributed by atoms with E-state index in [1.54, 1.807) is 12.1 Å². The first-order valence-corrected chi connectivity index (χ1v) is 6.88. The summed E-state index contributed by atoms with van der Waals surface area (Å²) < 4.78 is 5.30. The monoisotopic (exact) mass is 291 g/mol. The molecule has 0 aliphatic carbocycles. The quantitative estimate of drug-likeness (QED) is 0.798. The zero-order valence-electron chi connectivity index (χ0n) is 11.0. The van der Waals surface area contributed by atoms with Crippen molar-refractivity contribution in [2.75, 3.05) is 6.54 Å². The summed E-state index contributed by atoms with van der Waals surface area (Å²) in [6.45, 7) is 2.59. The summed E-state index contributed by atoms with van der Waals surface area (Å²) in [5.74, 6) is 0.695. The molecule has 2 aromatic heterocycles. The number of halogens is 1. The topological polar surface area (TPSA) is 59.2 Å². The molecule has 104 valence electrons. The smallest absolute Gasteiger partial charge is 0.256 e. The lowest BCUT2D eigenvalue weighted by Crippen LogP contribution is -2.30. The molecular weight excluding hydrogens is 278 g/mol. The van der Waals surface area contributed by atoms with Crippen LogP contribution in [0.1, 0.15) is 40.7 Å². The summed E-state index contributed by atoms with van der Waals surface area (Å²) in [5, 5.41) is 4.28. The number of likely N-dealkylation sites (tertiary alicyclic amines) is 1. The lowest BCUT2D eigenvalue weighted by Gasteiger charge is -2.22. The number of hydrogen-bond donors (Lipinski definition) is 0. The summed E-state index contributed by atoms with van der Waals surface area (Å²) in [6, 6.07) is 5.16. The third kappa shape index (κ3) is 2.41. The Morgan fingerprint density at radius 3 is 3.00 bits per heavy atom. The molecule has 1 atom stereocenters. The van der Waals surface area contributed by atoms with Crippen LogP contribution in [-0.4, -0.2) is 27.5 Å². The van der Waals surface area contributed by atoms with Crippen molar-refractivity contribution in [2.24, 2.45) is 0 Å². The van der Waals surface area contributed by atoms with Crippen molar-refractivity contribution in [3.05, 3.63) is 46.6 Å². The van der Waals surface area contributed by atoms with Gasteiger partial charge in [0.2, 0.25) is 0 Å². The molecule has 3 heterocycles. The molecule has 5 nitrogen and oxygen atoms in total. The molecular formula is C14H14ClN3O2. The van der Waals surface area contributed by atoms with Crippen LogP contribution < -0.4 is 0 Å². The molecule has 0 saturated carbocycles. The molecule has 1 aliphatic heterocycles. The summed E-state index contributed by atoms with van der Waals surface area (Å²) >= 11 is 5.74. The predicted octanol–water partition coefficient (Wildman–Crippen LogP) is 3.01. The molecule has 0 spiro atoms. The van der Waals surface area contributed by atoms with Crippen LogP contribution in [0, 0.1) is 6.92 Å². The Kier molecular flexibility index (Phi) is 3.44. The van der Waals surface area contributed by atoms with Crippen LogP contribution >= 0.6 is 11.6 Å². The zero-order valence-corrected chi connectivity index (χ0v) is 11.8. The molecule has 1 saturated heterocycles. The number of carbonyl (C=O) groups excluding carboxylic acids is 1. The summed E-state index contributed by atoms with van der Waals surface area (Å²) in [4.78, 5) is 18.3. The van der Waals surface area contributed by atoms with E-state index in [1.807, 2.05) is 17.9 Å². The van der Waals surface area contributed by atoms with Crippen molar-refractivity contribution in [3.63, 3.8) is 0 Å². The molecule has 1 aliphatic rings. The number of aryl methyl sites for hydroxylation is 1. The zero-order chi connectivity index (χ0) is 14.1. The van der Waals surface area contributed by atoms with E-state index in [2.05, 4.69) is 10.1 Å². The average Bonchev–Trinajstić information content (AvgIpc) is 3.07. The second-order valence-corrected chi connectivity index (χ2v) is 5.28. The van der Waals surface area contributed by atoms with Crippen molar-refractivity contribution < 1.29 is 9.32 Å². The first kappa shape index (κ1) is 13.1. The van der Waals surface area contributed by atoms with Gasteiger partial charge >= 0.3 is 0 Å². The van der Waals surface area contributed by atoms with Gasteiger partial charge in [-0.05, 0) is 31.9 Å². The number of nitrogens with zero attached hydrogens (tertiary/aromatic N) is 3. The van der Waals surface area contributed by atoms with Crippen LogP contribution in [0.5, 0.6) is 0 Å². The Bertz CT molecular complexity index is 624. The number of carbonyl (C=O) groups is 1. The van der Waals surface area contributed by atoms with Gasteiger partial charge in [0.1, 0.15) is 5.15 Å². The first-order chi connectivity index (χ1) is 9.65. The maximum atomic E-state index is 12.5. The fourth-order valence-corrected chi connectivity index (χ4v) is 2.63. The van der Waals surface area contributed by atoms with Gasteiger partial charge in [-0.2, -0.15) is 0 Å². The van der Waals surface area contributed by atoms with Crippen LogP contribution in [0.15, 0.2) is 28.9 Å². The van der Waals surface area contributed by atoms with E-state index in [9.17, 15) is 4.79 Å². The van der Waals surface area contributed by atoms with Crippen LogP contribution in [0.4, 0.5) is 0 Å². The molecule has 0 bridgehead atoms. The van der Waals surface area contributed by atoms with E-state index in [-0.39, 0.29) is 11.9 Å². The Morgan fingerprint density at radius 1 is 1.50 bits per heavy atom. The predicted molar refractivity (Wildman–Crippen MR) is 73.5 cm³/mol. The lowest BCUT2D eigenvalue weighted by molar-refractivity contribution is 0.0714. The van der Waals surface area contributed by atoms with Crippen molar-refractivity contribution >= 4 is 17.5 Å². The van der Waals surface area contributed by atoms with E-state index in [4.69, 9.17) is 16.1 Å². The molecule has 1 fully saturated rings. The van der Waals surface area contributed by atoms with Crippen molar-refractivity contribution in [1.82, 2.24) is 15.0 Å². The third-order valence-electron chi connectivity index (χ3n) is 3.46. The largest absolute Gasteiger partial charge is 0.359 e. The van der Waals surface area contributed by atoms with E-state index in [1.165, 1.54) is 6.20 Å². The first-order valence-electron chi connectivity index (χ1n) is 6.51. The average molecular weight is 292 g/mol. The maximum absolute atomic E-state index is 12.5. The number of aromatic nitrogens is 2. The molecule has 3 rings (SSSR count). The van der Waals surface area contributed by atoms with E-state index >= 15 is 0 Å².